The van der Waals surface area contributed by atoms with Crippen molar-refractivity contribution in [2.45, 2.75) is 52.9 Å². The quantitative estimate of drug-likeness (QED) is 0.861. The van der Waals surface area contributed by atoms with Crippen molar-refractivity contribution in [3.05, 3.63) is 36.7 Å². The third kappa shape index (κ3) is 3.77. The monoisotopic (exact) mass is 343 g/mol. The van der Waals surface area contributed by atoms with Crippen LogP contribution in [0.4, 0.5) is 0 Å². The molecule has 3 rings (SSSR count). The molecule has 0 bridgehead atoms. The molecule has 25 heavy (non-hydrogen) atoms. The van der Waals surface area contributed by atoms with Gasteiger partial charge < -0.3 is 15.0 Å². The number of nitrogens with zero attached hydrogens (tertiary/aromatic N) is 2. The summed E-state index contributed by atoms with van der Waals surface area (Å²) in [5.74, 6) is -0.416. The normalized spacial score (nSPS) is 18.0. The molecule has 1 aromatic heterocycles. The molecule has 2 aromatic rings. The minimum atomic E-state index is -0.416. The van der Waals surface area contributed by atoms with Gasteiger partial charge in [0.05, 0.1) is 17.4 Å². The van der Waals surface area contributed by atoms with Crippen LogP contribution in [0, 0.1) is 0 Å². The molecule has 1 aliphatic heterocycles. The molecule has 0 radical (unpaired) electrons. The topological polar surface area (TPSA) is 79.4 Å². The number of benzene rings is 1. The highest BCUT2D eigenvalue weighted by Crippen LogP contribution is 2.36. The zero-order valence-corrected chi connectivity index (χ0v) is 14.4. The van der Waals surface area contributed by atoms with Gasteiger partial charge in [-0.3, -0.25) is 9.48 Å². The Balaban J connectivity index is 0.00000225. The van der Waals surface area contributed by atoms with E-state index in [-0.39, 0.29) is 32.3 Å². The number of primary amides is 1. The summed E-state index contributed by atoms with van der Waals surface area (Å²) < 4.78 is 13.6. The second-order valence-electron chi connectivity index (χ2n) is 7.10. The summed E-state index contributed by atoms with van der Waals surface area (Å²) in [6.45, 7) is 8.22. The van der Waals surface area contributed by atoms with E-state index >= 15 is 0 Å². The summed E-state index contributed by atoms with van der Waals surface area (Å²) in [7, 11) is -0.373. The van der Waals surface area contributed by atoms with Crippen molar-refractivity contribution >= 4 is 18.5 Å². The maximum absolute atomic E-state index is 10.9. The number of carbonyl (C=O) groups is 1. The molecule has 1 amide bonds. The molecule has 0 atom stereocenters. The number of hydrogen-bond donors (Lipinski definition) is 1. The smallest absolute Gasteiger partial charge is 0.399 e. The van der Waals surface area contributed by atoms with E-state index in [1.807, 2.05) is 52.0 Å². The Morgan fingerprint density at radius 2 is 1.68 bits per heavy atom. The Kier molecular flexibility index (Phi) is 5.11. The van der Waals surface area contributed by atoms with Gasteiger partial charge in [-0.1, -0.05) is 31.7 Å². The summed E-state index contributed by atoms with van der Waals surface area (Å²) in [6, 6.07) is 7.96. The maximum atomic E-state index is 10.9. The molecule has 1 fully saturated rings. The highest BCUT2D eigenvalue weighted by Gasteiger charge is 2.51. The average molecular weight is 343 g/mol. The van der Waals surface area contributed by atoms with Crippen LogP contribution in [0.15, 0.2) is 36.7 Å². The van der Waals surface area contributed by atoms with Crippen LogP contribution in [0.25, 0.3) is 11.1 Å². The van der Waals surface area contributed by atoms with E-state index in [2.05, 4.69) is 5.10 Å². The highest BCUT2D eigenvalue weighted by atomic mass is 16.7. The number of hydrogen-bond acceptors (Lipinski definition) is 4. The Bertz CT molecular complexity index is 737. The molecule has 1 aliphatic rings. The summed E-state index contributed by atoms with van der Waals surface area (Å²) >= 11 is 0. The first-order chi connectivity index (χ1) is 11.2. The third-order valence-corrected chi connectivity index (χ3v) is 4.72. The zero-order valence-electron chi connectivity index (χ0n) is 14.4. The van der Waals surface area contributed by atoms with Crippen LogP contribution < -0.4 is 11.2 Å². The first-order valence-electron chi connectivity index (χ1n) is 7.95. The molecule has 134 valence electrons. The molecule has 6 nitrogen and oxygen atoms in total. The summed E-state index contributed by atoms with van der Waals surface area (Å²) in [5.41, 5.74) is 7.38. The number of nitrogens with two attached hydrogens (primary N) is 1. The van der Waals surface area contributed by atoms with Crippen LogP contribution in [0.5, 0.6) is 0 Å². The summed E-state index contributed by atoms with van der Waals surface area (Å²) in [4.78, 5) is 10.9. The Hall–Kier alpha value is -2.12. The predicted molar refractivity (Wildman–Crippen MR) is 99.3 cm³/mol. The largest absolute Gasteiger partial charge is 0.494 e. The lowest BCUT2D eigenvalue weighted by atomic mass is 9.78. The van der Waals surface area contributed by atoms with Gasteiger partial charge in [0.1, 0.15) is 6.54 Å². The third-order valence-electron chi connectivity index (χ3n) is 4.72. The number of rotatable bonds is 4. The molecule has 7 heteroatoms. The number of aromatic nitrogens is 2. The molecule has 0 saturated carbocycles. The first-order valence-corrected chi connectivity index (χ1v) is 7.95. The van der Waals surface area contributed by atoms with Gasteiger partial charge in [-0.05, 0) is 38.7 Å². The fourth-order valence-corrected chi connectivity index (χ4v) is 2.57. The van der Waals surface area contributed by atoms with Crippen molar-refractivity contribution in [3.8, 4) is 11.1 Å². The van der Waals surface area contributed by atoms with Gasteiger partial charge in [0.15, 0.2) is 0 Å². The molecule has 1 saturated heterocycles. The van der Waals surface area contributed by atoms with E-state index in [0.29, 0.717) is 0 Å². The average Bonchev–Trinajstić information content (AvgIpc) is 3.01. The lowest BCUT2D eigenvalue weighted by Crippen LogP contribution is -2.41. The van der Waals surface area contributed by atoms with Crippen LogP contribution in [-0.2, 0) is 20.6 Å². The second kappa shape index (κ2) is 6.65. The van der Waals surface area contributed by atoms with E-state index in [1.54, 1.807) is 12.4 Å². The molecule has 0 aliphatic carbocycles. The van der Waals surface area contributed by atoms with Crippen molar-refractivity contribution in [3.63, 3.8) is 0 Å². The minimum absolute atomic E-state index is 0. The van der Waals surface area contributed by atoms with Gasteiger partial charge in [0, 0.05) is 11.8 Å². The molecular weight excluding hydrogens is 317 g/mol. The maximum Gasteiger partial charge on any atom is 0.494 e. The fourth-order valence-electron chi connectivity index (χ4n) is 2.57. The summed E-state index contributed by atoms with van der Waals surface area (Å²) in [6.07, 6.45) is 3.52. The van der Waals surface area contributed by atoms with Crippen LogP contribution in [0.2, 0.25) is 0 Å². The SMILES string of the molecule is C.CC1(C)OB(c2ccc(-c3cnn(CC(N)=O)c3)cc2)OC1(C)C. The van der Waals surface area contributed by atoms with Gasteiger partial charge in [-0.15, -0.1) is 0 Å². The van der Waals surface area contributed by atoms with Gasteiger partial charge in [-0.2, -0.15) is 5.10 Å². The van der Waals surface area contributed by atoms with Crippen LogP contribution in [0.3, 0.4) is 0 Å². The van der Waals surface area contributed by atoms with Crippen molar-refractivity contribution in [2.24, 2.45) is 5.73 Å². The Morgan fingerprint density at radius 1 is 1.12 bits per heavy atom. The minimum Gasteiger partial charge on any atom is -0.399 e. The number of amides is 1. The van der Waals surface area contributed by atoms with Gasteiger partial charge in [-0.25, -0.2) is 0 Å². The van der Waals surface area contributed by atoms with E-state index < -0.39 is 5.91 Å². The molecular formula is C18H26BN3O3. The lowest BCUT2D eigenvalue weighted by Gasteiger charge is -2.32. The Morgan fingerprint density at radius 3 is 2.20 bits per heavy atom. The van der Waals surface area contributed by atoms with Gasteiger partial charge in [0.2, 0.25) is 5.91 Å². The molecule has 2 heterocycles. The predicted octanol–water partition coefficient (Wildman–Crippen LogP) is 1.97. The van der Waals surface area contributed by atoms with Gasteiger partial charge >= 0.3 is 7.12 Å². The van der Waals surface area contributed by atoms with Crippen LogP contribution >= 0.6 is 0 Å². The van der Waals surface area contributed by atoms with E-state index in [4.69, 9.17) is 15.0 Å². The molecule has 1 aromatic carbocycles. The zero-order chi connectivity index (χ0) is 17.5. The fraction of sp³-hybridized carbons (Fsp3) is 0.444. The van der Waals surface area contributed by atoms with E-state index in [9.17, 15) is 4.79 Å². The second-order valence-corrected chi connectivity index (χ2v) is 7.10. The molecule has 2 N–H and O–H groups in total. The molecule has 0 unspecified atom stereocenters. The Labute approximate surface area is 149 Å². The van der Waals surface area contributed by atoms with E-state index in [1.165, 1.54) is 4.68 Å². The van der Waals surface area contributed by atoms with Crippen LogP contribution in [0.1, 0.15) is 35.1 Å². The standard InChI is InChI=1S/C17H22BN3O3.CH4/c1-16(2)17(3,4)24-18(23-16)14-7-5-12(6-8-14)13-9-20-21(10-13)11-15(19)22;/h5-10H,11H2,1-4H3,(H2,19,22);1H4. The highest BCUT2D eigenvalue weighted by molar-refractivity contribution is 6.62. The number of carbonyl (C=O) groups excluding carboxylic acids is 1. The van der Waals surface area contributed by atoms with E-state index in [0.717, 1.165) is 16.6 Å². The van der Waals surface area contributed by atoms with Gasteiger partial charge in [0.25, 0.3) is 0 Å². The van der Waals surface area contributed by atoms with Crippen molar-refractivity contribution in [1.82, 2.24) is 9.78 Å². The van der Waals surface area contributed by atoms with Crippen molar-refractivity contribution < 1.29 is 14.1 Å². The van der Waals surface area contributed by atoms with Crippen molar-refractivity contribution in [1.29, 1.82) is 0 Å². The van der Waals surface area contributed by atoms with Crippen molar-refractivity contribution in [2.75, 3.05) is 0 Å². The molecule has 0 spiro atoms. The first kappa shape index (κ1) is 19.2. The van der Waals surface area contributed by atoms with Crippen LogP contribution in [-0.4, -0.2) is 34.0 Å². The summed E-state index contributed by atoms with van der Waals surface area (Å²) in [5, 5.41) is 4.14. The lowest BCUT2D eigenvalue weighted by molar-refractivity contribution is -0.118.